The molecule has 12 N–H and O–H groups in total. The molecule has 6 aromatic heterocycles. The van der Waals surface area contributed by atoms with Crippen LogP contribution < -0.4 is 17.2 Å². The Balaban J connectivity index is 0.880. The van der Waals surface area contributed by atoms with Crippen LogP contribution in [0, 0.1) is 0 Å². The van der Waals surface area contributed by atoms with Crippen LogP contribution in [-0.4, -0.2) is 189 Å². The molecule has 0 aliphatic carbocycles. The van der Waals surface area contributed by atoms with E-state index in [4.69, 9.17) is 68.6 Å². The third-order valence-electron chi connectivity index (χ3n) is 12.5. The van der Waals surface area contributed by atoms with Crippen LogP contribution in [-0.2, 0) is 60.0 Å². The first-order valence-corrected chi connectivity index (χ1v) is 28.3. The second-order valence-electron chi connectivity index (χ2n) is 17.0. The number of anilines is 3. The number of imidazole rings is 3. The normalized spacial score (nSPS) is 31.7. The van der Waals surface area contributed by atoms with Crippen molar-refractivity contribution in [1.82, 2.24) is 58.6 Å². The number of fused-ring (bicyclic) bond motifs is 4. The topological polar surface area (TPSA) is 474 Å². The molecule has 0 aromatic carbocycles. The van der Waals surface area contributed by atoms with Crippen molar-refractivity contribution in [3.8, 4) is 0 Å². The molecule has 0 amide bonds. The van der Waals surface area contributed by atoms with E-state index in [2.05, 4.69) is 44.9 Å². The number of aliphatic hydroxyl groups is 3. The van der Waals surface area contributed by atoms with Crippen molar-refractivity contribution in [2.45, 2.75) is 86.0 Å². The summed E-state index contributed by atoms with van der Waals surface area (Å²) >= 11 is 0.457. The van der Waals surface area contributed by atoms with Crippen molar-refractivity contribution >= 4 is 84.8 Å². The van der Waals surface area contributed by atoms with E-state index in [0.29, 0.717) is 17.8 Å². The van der Waals surface area contributed by atoms with Crippen LogP contribution in [0.2, 0.25) is 0 Å². The third-order valence-corrected chi connectivity index (χ3v) is 17.5. The SMILES string of the molecule is COC1[C@@H](COP(=O)(O)SCCO)O[C@@H](n2cnc3c(N)ncnc32)[C@H]1OP(=O)(O)OC[C@H]1O[C@@H](n2cnc3c(N)ncnc32)[C@@H](OP(=O)(O)OC[C@]23CCCOC2[C@H](O)[C@H](n2cnc4c(N)ncnc42)O3)C1O. The first-order chi connectivity index (χ1) is 35.3. The number of aromatic nitrogens is 12. The zero-order valence-corrected chi connectivity index (χ0v) is 41.8. The number of methoxy groups -OCH3 is 1. The average Bonchev–Trinajstić information content (AvgIpc) is 4.24. The first-order valence-electron chi connectivity index (χ1n) is 22.2. The maximum absolute atomic E-state index is 14.1. The highest BCUT2D eigenvalue weighted by Crippen LogP contribution is 2.57. The van der Waals surface area contributed by atoms with Crippen LogP contribution in [0.15, 0.2) is 38.0 Å². The van der Waals surface area contributed by atoms with Gasteiger partial charge in [0, 0.05) is 19.5 Å². The Morgan fingerprint density at radius 2 is 1.20 bits per heavy atom. The van der Waals surface area contributed by atoms with Gasteiger partial charge in [-0.3, -0.25) is 36.3 Å². The number of nitrogens with two attached hydrogens (primary N) is 3. The van der Waals surface area contributed by atoms with Crippen LogP contribution in [0.3, 0.4) is 0 Å². The molecule has 10 heterocycles. The van der Waals surface area contributed by atoms with Gasteiger partial charge in [0.05, 0.1) is 45.4 Å². The lowest BCUT2D eigenvalue weighted by atomic mass is 9.89. The molecule has 34 nitrogen and oxygen atoms in total. The van der Waals surface area contributed by atoms with Crippen LogP contribution >= 0.6 is 33.8 Å². The smallest absolute Gasteiger partial charge is 0.396 e. The molecule has 10 rings (SSSR count). The summed E-state index contributed by atoms with van der Waals surface area (Å²) in [5.41, 5.74) is 17.3. The standard InChI is InChI=1S/C36H48N15O19P3S/c1-61-23-17(8-64-73(59,60)74-6-4-52)67-35(51-15-48-20-29(39)42-12-45-32(20)51)25(23)70-71(55,56)63-7-16-21(53)24(34(66-16)50-14-47-19-28(38)41-11-44-31(19)50)69-72(57,58)65-9-36-3-2-5-62-26(36)22(54)33(68-36)49-13-46-18-27(37)40-10-43-30(18)49/h10-17,21-26,33-35,52-54H,2-9H2,1H3,(H,55,56)(H,57,58)(H,59,60)(H2,37,40,43)(H2,38,41,44)(H2,39,42,45)/t16-,17-,21?,22+,23?,24+,25+,26?,33-,34-,35-,36-/m1/s1. The Morgan fingerprint density at radius 3 is 1.77 bits per heavy atom. The molecule has 0 saturated carbocycles. The number of phosphoric ester groups is 2. The summed E-state index contributed by atoms with van der Waals surface area (Å²) in [5, 5.41) is 32.6. The van der Waals surface area contributed by atoms with Gasteiger partial charge in [0.15, 0.2) is 53.1 Å². The van der Waals surface area contributed by atoms with Crippen LogP contribution in [0.1, 0.15) is 31.5 Å². The first kappa shape index (κ1) is 52.9. The van der Waals surface area contributed by atoms with Gasteiger partial charge in [0.2, 0.25) is 0 Å². The van der Waals surface area contributed by atoms with E-state index < -0.39 is 122 Å². The molecular formula is C36H48N15O19P3S. The summed E-state index contributed by atoms with van der Waals surface area (Å²) in [6.45, 7) is -6.82. The van der Waals surface area contributed by atoms with Crippen molar-refractivity contribution in [2.75, 3.05) is 63.1 Å². The Hall–Kier alpha value is -4.55. The largest absolute Gasteiger partial charge is 0.472 e. The quantitative estimate of drug-likeness (QED) is 0.0417. The fourth-order valence-corrected chi connectivity index (χ4v) is 13.2. The van der Waals surface area contributed by atoms with Gasteiger partial charge in [0.1, 0.15) is 90.0 Å². The van der Waals surface area contributed by atoms with Crippen LogP contribution in [0.25, 0.3) is 33.5 Å². The molecule has 4 aliphatic heterocycles. The molecular weight excluding hydrogens is 1070 g/mol. The highest BCUT2D eigenvalue weighted by molar-refractivity contribution is 8.54. The molecule has 402 valence electrons. The Kier molecular flexibility index (Phi) is 14.8. The number of aliphatic hydroxyl groups excluding tert-OH is 3. The van der Waals surface area contributed by atoms with Gasteiger partial charge in [-0.15, -0.1) is 0 Å². The summed E-state index contributed by atoms with van der Waals surface area (Å²) in [7, 11) is -9.47. The average molecular weight is 1120 g/mol. The number of nitrogens with zero attached hydrogens (tertiary/aromatic N) is 12. The van der Waals surface area contributed by atoms with E-state index in [1.54, 1.807) is 0 Å². The van der Waals surface area contributed by atoms with E-state index >= 15 is 0 Å². The number of ether oxygens (including phenoxy) is 5. The summed E-state index contributed by atoms with van der Waals surface area (Å²) in [4.78, 5) is 70.2. The van der Waals surface area contributed by atoms with E-state index in [9.17, 15) is 38.6 Å². The highest BCUT2D eigenvalue weighted by atomic mass is 32.7. The minimum absolute atomic E-state index is 0.0172. The fourth-order valence-electron chi connectivity index (χ4n) is 9.19. The minimum atomic E-state index is -5.35. The second kappa shape index (κ2) is 20.8. The predicted molar refractivity (Wildman–Crippen MR) is 248 cm³/mol. The lowest BCUT2D eigenvalue weighted by Crippen LogP contribution is -2.51. The molecule has 4 aliphatic rings. The second-order valence-corrected chi connectivity index (χ2v) is 23.8. The molecule has 6 unspecified atom stereocenters. The van der Waals surface area contributed by atoms with E-state index in [0.717, 1.165) is 12.7 Å². The zero-order chi connectivity index (χ0) is 52.3. The van der Waals surface area contributed by atoms with Gasteiger partial charge in [0.25, 0.3) is 0 Å². The van der Waals surface area contributed by atoms with Crippen LogP contribution in [0.5, 0.6) is 0 Å². The molecule has 38 heteroatoms. The number of phosphoric acid groups is 2. The predicted octanol–water partition coefficient (Wildman–Crippen LogP) is -0.922. The fraction of sp³-hybridized carbons (Fsp3) is 0.583. The van der Waals surface area contributed by atoms with Crippen molar-refractivity contribution in [3.63, 3.8) is 0 Å². The zero-order valence-electron chi connectivity index (χ0n) is 38.3. The van der Waals surface area contributed by atoms with E-state index in [1.807, 2.05) is 0 Å². The number of hydrogen-bond acceptors (Lipinski definition) is 29. The molecule has 0 radical (unpaired) electrons. The number of hydrogen-bond donors (Lipinski definition) is 9. The Bertz CT molecular complexity index is 3160. The molecule has 4 saturated heterocycles. The van der Waals surface area contributed by atoms with Gasteiger partial charge in [-0.2, -0.15) is 0 Å². The number of nitrogen functional groups attached to an aromatic ring is 3. The summed E-state index contributed by atoms with van der Waals surface area (Å²) in [6, 6.07) is 0. The number of rotatable bonds is 20. The monoisotopic (exact) mass is 1120 g/mol. The van der Waals surface area contributed by atoms with Crippen molar-refractivity contribution < 1.29 is 90.0 Å². The molecule has 0 bridgehead atoms. The summed E-state index contributed by atoms with van der Waals surface area (Å²) < 4.78 is 103. The Labute approximate surface area is 419 Å². The van der Waals surface area contributed by atoms with Gasteiger partial charge >= 0.3 is 22.4 Å². The summed E-state index contributed by atoms with van der Waals surface area (Å²) in [5.74, 6) is -0.120. The van der Waals surface area contributed by atoms with Crippen molar-refractivity contribution in [3.05, 3.63) is 38.0 Å². The van der Waals surface area contributed by atoms with Gasteiger partial charge in [-0.1, -0.05) is 0 Å². The summed E-state index contributed by atoms with van der Waals surface area (Å²) in [6.07, 6.45) is -8.59. The maximum atomic E-state index is 14.1. The lowest BCUT2D eigenvalue weighted by Gasteiger charge is -2.38. The molecule has 15 atom stereocenters. The molecule has 0 spiro atoms. The van der Waals surface area contributed by atoms with Crippen molar-refractivity contribution in [2.24, 2.45) is 0 Å². The highest BCUT2D eigenvalue weighted by Gasteiger charge is 2.59. The molecule has 6 aromatic rings. The minimum Gasteiger partial charge on any atom is -0.396 e. The lowest BCUT2D eigenvalue weighted by molar-refractivity contribution is -0.165. The van der Waals surface area contributed by atoms with Gasteiger partial charge < -0.3 is 70.9 Å². The van der Waals surface area contributed by atoms with E-state index in [1.165, 1.54) is 46.1 Å². The van der Waals surface area contributed by atoms with Crippen molar-refractivity contribution in [1.29, 1.82) is 0 Å². The van der Waals surface area contributed by atoms with Gasteiger partial charge in [-0.25, -0.2) is 58.6 Å². The molecule has 74 heavy (non-hydrogen) atoms. The maximum Gasteiger partial charge on any atom is 0.472 e. The Morgan fingerprint density at radius 1 is 0.689 bits per heavy atom. The van der Waals surface area contributed by atoms with Gasteiger partial charge in [-0.05, 0) is 24.2 Å². The van der Waals surface area contributed by atoms with E-state index in [-0.39, 0.29) is 69.7 Å². The van der Waals surface area contributed by atoms with Crippen LogP contribution in [0.4, 0.5) is 17.5 Å². The third kappa shape index (κ3) is 10.1. The molecule has 4 fully saturated rings.